The lowest BCUT2D eigenvalue weighted by Crippen LogP contribution is -1.92. The summed E-state index contributed by atoms with van der Waals surface area (Å²) in [6, 6.07) is 26.1. The van der Waals surface area contributed by atoms with Gasteiger partial charge in [0.05, 0.1) is 0 Å². The number of benzene rings is 3. The van der Waals surface area contributed by atoms with Crippen LogP contribution in [0, 0.1) is 6.92 Å². The van der Waals surface area contributed by atoms with Crippen molar-refractivity contribution < 1.29 is 0 Å². The van der Waals surface area contributed by atoms with E-state index in [-0.39, 0.29) is 0 Å². The summed E-state index contributed by atoms with van der Waals surface area (Å²) in [7, 11) is 0. The first-order valence-electron chi connectivity index (χ1n) is 9.41. The van der Waals surface area contributed by atoms with Gasteiger partial charge in [-0.15, -0.1) is 0 Å². The van der Waals surface area contributed by atoms with Crippen molar-refractivity contribution in [2.24, 2.45) is 0 Å². The molecule has 0 spiro atoms. The van der Waals surface area contributed by atoms with Gasteiger partial charge in [0.1, 0.15) is 0 Å². The van der Waals surface area contributed by atoms with Gasteiger partial charge in [-0.3, -0.25) is 0 Å². The van der Waals surface area contributed by atoms with E-state index in [9.17, 15) is 0 Å². The summed E-state index contributed by atoms with van der Waals surface area (Å²) in [5.74, 6) is 0. The lowest BCUT2D eigenvalue weighted by atomic mass is 9.94. The SMILES string of the molecule is C=C/C(=C\C=C/C)c1cccc(-c2ccc(Cc3ccccc3)c(C)c2)c1. The number of hydrogen-bond acceptors (Lipinski definition) is 0. The van der Waals surface area contributed by atoms with Crippen LogP contribution in [0.3, 0.4) is 0 Å². The Hall–Kier alpha value is -3.12. The van der Waals surface area contributed by atoms with Crippen LogP contribution in [0.15, 0.2) is 104 Å². The molecule has 3 aromatic rings. The third-order valence-electron chi connectivity index (χ3n) is 4.80. The smallest absolute Gasteiger partial charge is 0.00231 e. The highest BCUT2D eigenvalue weighted by atomic mass is 14.1. The van der Waals surface area contributed by atoms with Crippen molar-refractivity contribution in [2.75, 3.05) is 0 Å². The minimum Gasteiger partial charge on any atom is -0.0984 e. The largest absolute Gasteiger partial charge is 0.0984 e. The summed E-state index contributed by atoms with van der Waals surface area (Å²) in [4.78, 5) is 0. The Bertz CT molecular complexity index is 972. The number of rotatable bonds is 6. The molecule has 0 bridgehead atoms. The molecule has 27 heavy (non-hydrogen) atoms. The molecule has 3 aromatic carbocycles. The summed E-state index contributed by atoms with van der Waals surface area (Å²) in [6.07, 6.45) is 9.06. The fourth-order valence-corrected chi connectivity index (χ4v) is 3.25. The second kappa shape index (κ2) is 9.00. The second-order valence-corrected chi connectivity index (χ2v) is 6.74. The van der Waals surface area contributed by atoms with E-state index >= 15 is 0 Å². The van der Waals surface area contributed by atoms with Crippen LogP contribution in [0.25, 0.3) is 16.7 Å². The van der Waals surface area contributed by atoms with E-state index in [4.69, 9.17) is 0 Å². The van der Waals surface area contributed by atoms with Gasteiger partial charge in [0.15, 0.2) is 0 Å². The van der Waals surface area contributed by atoms with E-state index in [0.29, 0.717) is 0 Å². The molecule has 0 saturated heterocycles. The van der Waals surface area contributed by atoms with E-state index in [2.05, 4.69) is 92.4 Å². The molecule has 0 unspecified atom stereocenters. The van der Waals surface area contributed by atoms with Gasteiger partial charge in [-0.2, -0.15) is 0 Å². The van der Waals surface area contributed by atoms with Crippen LogP contribution < -0.4 is 0 Å². The van der Waals surface area contributed by atoms with E-state index in [1.807, 2.05) is 25.2 Å². The van der Waals surface area contributed by atoms with E-state index in [1.165, 1.54) is 33.4 Å². The fraction of sp³-hybridized carbons (Fsp3) is 0.111. The molecular weight excluding hydrogens is 324 g/mol. The highest BCUT2D eigenvalue weighted by Gasteiger charge is 2.05. The molecule has 0 atom stereocenters. The molecule has 0 aliphatic rings. The molecule has 0 fully saturated rings. The Balaban J connectivity index is 1.90. The predicted octanol–water partition coefficient (Wildman–Crippen LogP) is 7.40. The van der Waals surface area contributed by atoms with Crippen LogP contribution in [0.2, 0.25) is 0 Å². The summed E-state index contributed by atoms with van der Waals surface area (Å²) < 4.78 is 0. The van der Waals surface area contributed by atoms with Gasteiger partial charge in [0.2, 0.25) is 0 Å². The lowest BCUT2D eigenvalue weighted by Gasteiger charge is -2.11. The van der Waals surface area contributed by atoms with Crippen molar-refractivity contribution >= 4 is 5.57 Å². The first-order chi connectivity index (χ1) is 13.2. The third kappa shape index (κ3) is 4.74. The molecular formula is C27H26. The minimum absolute atomic E-state index is 0.972. The Morgan fingerprint density at radius 3 is 2.37 bits per heavy atom. The van der Waals surface area contributed by atoms with Crippen LogP contribution in [0.4, 0.5) is 0 Å². The summed E-state index contributed by atoms with van der Waals surface area (Å²) in [5, 5.41) is 0. The Kier molecular flexibility index (Phi) is 6.22. The highest BCUT2D eigenvalue weighted by Crippen LogP contribution is 2.27. The number of aryl methyl sites for hydroxylation is 1. The molecule has 0 N–H and O–H groups in total. The molecule has 0 saturated carbocycles. The second-order valence-electron chi connectivity index (χ2n) is 6.74. The maximum absolute atomic E-state index is 3.96. The van der Waals surface area contributed by atoms with Crippen LogP contribution >= 0.6 is 0 Å². The van der Waals surface area contributed by atoms with Gasteiger partial charge in [-0.25, -0.2) is 0 Å². The lowest BCUT2D eigenvalue weighted by molar-refractivity contribution is 1.16. The Labute approximate surface area is 163 Å². The van der Waals surface area contributed by atoms with Crippen molar-refractivity contribution in [2.45, 2.75) is 20.3 Å². The first kappa shape index (κ1) is 18.7. The molecule has 0 aliphatic carbocycles. The van der Waals surface area contributed by atoms with Crippen molar-refractivity contribution in [3.63, 3.8) is 0 Å². The number of hydrogen-bond donors (Lipinski definition) is 0. The van der Waals surface area contributed by atoms with E-state index < -0.39 is 0 Å². The zero-order chi connectivity index (χ0) is 19.1. The van der Waals surface area contributed by atoms with Gasteiger partial charge in [0.25, 0.3) is 0 Å². The monoisotopic (exact) mass is 350 g/mol. The number of allylic oxidation sites excluding steroid dienone is 5. The van der Waals surface area contributed by atoms with Gasteiger partial charge < -0.3 is 0 Å². The average molecular weight is 351 g/mol. The van der Waals surface area contributed by atoms with Crippen molar-refractivity contribution in [3.8, 4) is 11.1 Å². The summed E-state index contributed by atoms with van der Waals surface area (Å²) in [6.45, 7) is 8.18. The maximum atomic E-state index is 3.96. The molecule has 0 heteroatoms. The van der Waals surface area contributed by atoms with E-state index in [1.54, 1.807) is 0 Å². The van der Waals surface area contributed by atoms with Crippen LogP contribution in [-0.4, -0.2) is 0 Å². The minimum atomic E-state index is 0.972. The molecule has 3 rings (SSSR count). The Morgan fingerprint density at radius 1 is 0.889 bits per heavy atom. The van der Waals surface area contributed by atoms with Gasteiger partial charge in [-0.1, -0.05) is 97.6 Å². The Morgan fingerprint density at radius 2 is 1.67 bits per heavy atom. The molecule has 134 valence electrons. The summed E-state index contributed by atoms with van der Waals surface area (Å²) in [5.41, 5.74) is 8.85. The van der Waals surface area contributed by atoms with Crippen LogP contribution in [0.5, 0.6) is 0 Å². The standard InChI is InChI=1S/C27H26/c1-4-6-13-23(5-2)25-14-10-15-26(20-25)27-17-16-24(21(3)18-27)19-22-11-8-7-9-12-22/h4-18,20H,2,19H2,1,3H3/b6-4-,23-13+. The van der Waals surface area contributed by atoms with Crippen molar-refractivity contribution in [1.29, 1.82) is 0 Å². The zero-order valence-corrected chi connectivity index (χ0v) is 16.2. The summed E-state index contributed by atoms with van der Waals surface area (Å²) >= 11 is 0. The van der Waals surface area contributed by atoms with Crippen LogP contribution in [0.1, 0.15) is 29.2 Å². The quantitative estimate of drug-likeness (QED) is 0.406. The third-order valence-corrected chi connectivity index (χ3v) is 4.80. The predicted molar refractivity (Wildman–Crippen MR) is 119 cm³/mol. The first-order valence-corrected chi connectivity index (χ1v) is 9.41. The molecule has 0 nitrogen and oxygen atoms in total. The van der Waals surface area contributed by atoms with Gasteiger partial charge >= 0.3 is 0 Å². The maximum Gasteiger partial charge on any atom is -0.00231 e. The zero-order valence-electron chi connectivity index (χ0n) is 16.2. The molecule has 0 amide bonds. The molecule has 0 radical (unpaired) electrons. The fourth-order valence-electron chi connectivity index (χ4n) is 3.25. The van der Waals surface area contributed by atoms with Gasteiger partial charge in [0, 0.05) is 0 Å². The van der Waals surface area contributed by atoms with Crippen LogP contribution in [-0.2, 0) is 6.42 Å². The molecule has 0 aromatic heterocycles. The van der Waals surface area contributed by atoms with E-state index in [0.717, 1.165) is 12.0 Å². The molecule has 0 heterocycles. The highest BCUT2D eigenvalue weighted by molar-refractivity contribution is 5.78. The average Bonchev–Trinajstić information content (AvgIpc) is 2.71. The topological polar surface area (TPSA) is 0 Å². The molecule has 0 aliphatic heterocycles. The normalized spacial score (nSPS) is 11.7. The van der Waals surface area contributed by atoms with Gasteiger partial charge in [-0.05, 0) is 65.3 Å². The van der Waals surface area contributed by atoms with Crippen molar-refractivity contribution in [3.05, 3.63) is 126 Å². The van der Waals surface area contributed by atoms with Crippen molar-refractivity contribution in [1.82, 2.24) is 0 Å².